The lowest BCUT2D eigenvalue weighted by Crippen LogP contribution is -2.12. The number of nitrogens with one attached hydrogen (secondary N) is 2. The molecule has 1 aliphatic carbocycles. The molecular formula is C26H29F3N4O. The maximum atomic E-state index is 13.6. The Morgan fingerprint density at radius 3 is 2.12 bits per heavy atom. The summed E-state index contributed by atoms with van der Waals surface area (Å²) in [6, 6.07) is 14.7. The summed E-state index contributed by atoms with van der Waals surface area (Å²) >= 11 is 0. The van der Waals surface area contributed by atoms with Gasteiger partial charge < -0.3 is 15.4 Å². The van der Waals surface area contributed by atoms with Gasteiger partial charge in [0.15, 0.2) is 0 Å². The monoisotopic (exact) mass is 470 g/mol. The number of anilines is 4. The van der Waals surface area contributed by atoms with Gasteiger partial charge in [-0.2, -0.15) is 18.2 Å². The number of hydrogen-bond donors (Lipinski definition) is 2. The Labute approximate surface area is 197 Å². The molecule has 0 aliphatic heterocycles. The molecule has 5 nitrogen and oxygen atoms in total. The zero-order chi connectivity index (χ0) is 24.1. The van der Waals surface area contributed by atoms with Gasteiger partial charge in [-0.1, -0.05) is 31.4 Å². The molecule has 0 atom stereocenters. The second-order valence-electron chi connectivity index (χ2n) is 8.85. The largest absolute Gasteiger partial charge is 0.491 e. The quantitative estimate of drug-likeness (QED) is 0.369. The molecule has 0 saturated heterocycles. The summed E-state index contributed by atoms with van der Waals surface area (Å²) in [5, 5.41) is 5.79. The lowest BCUT2D eigenvalue weighted by Gasteiger charge is -2.22. The summed E-state index contributed by atoms with van der Waals surface area (Å²) in [5.41, 5.74) is 1.50. The highest BCUT2D eigenvalue weighted by Crippen LogP contribution is 2.36. The number of aromatic nitrogens is 2. The van der Waals surface area contributed by atoms with Gasteiger partial charge in [0, 0.05) is 17.6 Å². The van der Waals surface area contributed by atoms with Crippen molar-refractivity contribution in [3.05, 3.63) is 65.9 Å². The predicted molar refractivity (Wildman–Crippen MR) is 128 cm³/mol. The summed E-state index contributed by atoms with van der Waals surface area (Å²) in [6.45, 7) is 3.86. The van der Waals surface area contributed by atoms with Crippen molar-refractivity contribution in [2.45, 2.75) is 64.1 Å². The molecule has 0 amide bonds. The molecule has 0 unspecified atom stereocenters. The molecule has 1 fully saturated rings. The SMILES string of the molecule is CC(C)Oc1ccc(Nc2ncc(C(F)(F)F)c(Nc3ccc(C4CCCCC4)cc3)n2)cc1. The first-order chi connectivity index (χ1) is 16.3. The summed E-state index contributed by atoms with van der Waals surface area (Å²) in [6.07, 6.45) is 2.31. The van der Waals surface area contributed by atoms with Crippen LogP contribution >= 0.6 is 0 Å². The molecule has 8 heteroatoms. The second kappa shape index (κ2) is 10.3. The Kier molecular flexibility index (Phi) is 7.24. The molecule has 3 aromatic rings. The molecule has 1 aromatic heterocycles. The molecule has 1 aliphatic rings. The van der Waals surface area contributed by atoms with Crippen molar-refractivity contribution in [2.24, 2.45) is 0 Å². The standard InChI is InChI=1S/C26H29F3N4O/c1-17(2)34-22-14-12-21(13-15-22)32-25-30-16-23(26(27,28)29)24(33-25)31-20-10-8-19(9-11-20)18-6-4-3-5-7-18/h8-18H,3-7H2,1-2H3,(H2,30,31,32,33). The third-order valence-corrected chi connectivity index (χ3v) is 5.83. The first kappa shape index (κ1) is 23.9. The molecule has 1 heterocycles. The van der Waals surface area contributed by atoms with Crippen LogP contribution in [0.25, 0.3) is 0 Å². The topological polar surface area (TPSA) is 59.1 Å². The third kappa shape index (κ3) is 6.18. The first-order valence-electron chi connectivity index (χ1n) is 11.6. The Morgan fingerprint density at radius 1 is 0.882 bits per heavy atom. The normalized spacial score (nSPS) is 14.8. The van der Waals surface area contributed by atoms with E-state index >= 15 is 0 Å². The van der Waals surface area contributed by atoms with Crippen LogP contribution in [0.5, 0.6) is 5.75 Å². The van der Waals surface area contributed by atoms with E-state index in [1.54, 1.807) is 24.3 Å². The predicted octanol–water partition coefficient (Wildman–Crippen LogP) is 7.82. The van der Waals surface area contributed by atoms with Crippen molar-refractivity contribution in [3.63, 3.8) is 0 Å². The van der Waals surface area contributed by atoms with Crippen molar-refractivity contribution in [3.8, 4) is 5.75 Å². The first-order valence-corrected chi connectivity index (χ1v) is 11.6. The van der Waals surface area contributed by atoms with Crippen LogP contribution in [0.15, 0.2) is 54.7 Å². The van der Waals surface area contributed by atoms with Crippen molar-refractivity contribution in [1.29, 1.82) is 0 Å². The molecule has 0 bridgehead atoms. The maximum Gasteiger partial charge on any atom is 0.421 e. The molecule has 1 saturated carbocycles. The maximum absolute atomic E-state index is 13.6. The lowest BCUT2D eigenvalue weighted by atomic mass is 9.84. The number of hydrogen-bond acceptors (Lipinski definition) is 5. The zero-order valence-electron chi connectivity index (χ0n) is 19.3. The van der Waals surface area contributed by atoms with E-state index in [1.165, 1.54) is 24.8 Å². The highest BCUT2D eigenvalue weighted by Gasteiger charge is 2.35. The smallest absolute Gasteiger partial charge is 0.421 e. The van der Waals surface area contributed by atoms with Crippen LogP contribution in [0.4, 0.5) is 36.3 Å². The summed E-state index contributed by atoms with van der Waals surface area (Å²) in [7, 11) is 0. The molecule has 0 spiro atoms. The van der Waals surface area contributed by atoms with E-state index < -0.39 is 11.7 Å². The fourth-order valence-electron chi connectivity index (χ4n) is 4.17. The van der Waals surface area contributed by atoms with Gasteiger partial charge >= 0.3 is 6.18 Å². The van der Waals surface area contributed by atoms with E-state index in [-0.39, 0.29) is 17.9 Å². The number of halogens is 3. The van der Waals surface area contributed by atoms with E-state index in [1.807, 2.05) is 38.1 Å². The van der Waals surface area contributed by atoms with Crippen LogP contribution in [0.1, 0.15) is 63.0 Å². The van der Waals surface area contributed by atoms with Crippen LogP contribution in [0, 0.1) is 0 Å². The average Bonchev–Trinajstić information content (AvgIpc) is 2.80. The molecule has 2 aromatic carbocycles. The van der Waals surface area contributed by atoms with Crippen molar-refractivity contribution in [1.82, 2.24) is 9.97 Å². The van der Waals surface area contributed by atoms with E-state index in [0.717, 1.165) is 19.0 Å². The van der Waals surface area contributed by atoms with Gasteiger partial charge in [-0.15, -0.1) is 0 Å². The van der Waals surface area contributed by atoms with Gasteiger partial charge in [0.1, 0.15) is 17.1 Å². The van der Waals surface area contributed by atoms with Crippen LogP contribution in [-0.2, 0) is 6.18 Å². The van der Waals surface area contributed by atoms with Crippen LogP contribution in [-0.4, -0.2) is 16.1 Å². The Hall–Kier alpha value is -3.29. The highest BCUT2D eigenvalue weighted by molar-refractivity contribution is 5.63. The van der Waals surface area contributed by atoms with E-state index in [9.17, 15) is 13.2 Å². The summed E-state index contributed by atoms with van der Waals surface area (Å²) < 4.78 is 46.4. The minimum Gasteiger partial charge on any atom is -0.491 e. The Bertz CT molecular complexity index is 1080. The molecule has 4 rings (SSSR count). The number of ether oxygens (including phenoxy) is 1. The second-order valence-corrected chi connectivity index (χ2v) is 8.85. The highest BCUT2D eigenvalue weighted by atomic mass is 19.4. The zero-order valence-corrected chi connectivity index (χ0v) is 19.3. The minimum absolute atomic E-state index is 0.0439. The lowest BCUT2D eigenvalue weighted by molar-refractivity contribution is -0.137. The van der Waals surface area contributed by atoms with Crippen molar-refractivity contribution >= 4 is 23.1 Å². The molecule has 34 heavy (non-hydrogen) atoms. The summed E-state index contributed by atoms with van der Waals surface area (Å²) in [4.78, 5) is 8.00. The van der Waals surface area contributed by atoms with Gasteiger partial charge in [-0.05, 0) is 74.6 Å². The minimum atomic E-state index is -4.58. The average molecular weight is 471 g/mol. The van der Waals surface area contributed by atoms with Crippen molar-refractivity contribution in [2.75, 3.05) is 10.6 Å². The van der Waals surface area contributed by atoms with E-state index in [0.29, 0.717) is 23.0 Å². The molecule has 180 valence electrons. The molecule has 0 radical (unpaired) electrons. The van der Waals surface area contributed by atoms with E-state index in [4.69, 9.17) is 4.74 Å². The molecule has 2 N–H and O–H groups in total. The Morgan fingerprint density at radius 2 is 1.50 bits per heavy atom. The summed E-state index contributed by atoms with van der Waals surface area (Å²) in [5.74, 6) is 0.996. The van der Waals surface area contributed by atoms with Crippen LogP contribution < -0.4 is 15.4 Å². The van der Waals surface area contributed by atoms with Gasteiger partial charge in [0.05, 0.1) is 6.10 Å². The van der Waals surface area contributed by atoms with Gasteiger partial charge in [-0.25, -0.2) is 4.98 Å². The van der Waals surface area contributed by atoms with E-state index in [2.05, 4.69) is 20.6 Å². The molecular weight excluding hydrogens is 441 g/mol. The van der Waals surface area contributed by atoms with Gasteiger partial charge in [0.25, 0.3) is 0 Å². The Balaban J connectivity index is 1.52. The number of alkyl halides is 3. The van der Waals surface area contributed by atoms with Crippen LogP contribution in [0.2, 0.25) is 0 Å². The van der Waals surface area contributed by atoms with Crippen LogP contribution in [0.3, 0.4) is 0 Å². The van der Waals surface area contributed by atoms with Crippen molar-refractivity contribution < 1.29 is 17.9 Å². The van der Waals surface area contributed by atoms with Gasteiger partial charge in [-0.3, -0.25) is 0 Å². The number of nitrogens with zero attached hydrogens (tertiary/aromatic N) is 2. The number of rotatable bonds is 7. The number of benzene rings is 2. The third-order valence-electron chi connectivity index (χ3n) is 5.83. The van der Waals surface area contributed by atoms with Gasteiger partial charge in [0.2, 0.25) is 5.95 Å². The fourth-order valence-corrected chi connectivity index (χ4v) is 4.17. The fraction of sp³-hybridized carbons (Fsp3) is 0.385.